The summed E-state index contributed by atoms with van der Waals surface area (Å²) >= 11 is 0. The normalized spacial score (nSPS) is 28.3. The smallest absolute Gasteiger partial charge is 0.427 e. The van der Waals surface area contributed by atoms with Gasteiger partial charge in [-0.2, -0.15) is 0 Å². The SMILES string of the molecule is CC1(C(=O)N2CCC(B(O)O)C2)CCc2ccccc2C1. The van der Waals surface area contributed by atoms with Gasteiger partial charge in [-0.3, -0.25) is 4.79 Å². The van der Waals surface area contributed by atoms with Crippen LogP contribution in [0.1, 0.15) is 30.9 Å². The van der Waals surface area contributed by atoms with Gasteiger partial charge in [0.15, 0.2) is 0 Å². The Morgan fingerprint density at radius 2 is 2.05 bits per heavy atom. The lowest BCUT2D eigenvalue weighted by molar-refractivity contribution is -0.140. The molecule has 2 unspecified atom stereocenters. The minimum absolute atomic E-state index is 0.167. The van der Waals surface area contributed by atoms with E-state index in [1.807, 2.05) is 17.9 Å². The van der Waals surface area contributed by atoms with Crippen molar-refractivity contribution in [3.8, 4) is 0 Å². The van der Waals surface area contributed by atoms with E-state index in [-0.39, 0.29) is 17.1 Å². The van der Waals surface area contributed by atoms with Crippen LogP contribution in [0, 0.1) is 5.41 Å². The number of rotatable bonds is 2. The average molecular weight is 287 g/mol. The number of hydrogen-bond donors (Lipinski definition) is 2. The first-order valence-corrected chi connectivity index (χ1v) is 7.72. The van der Waals surface area contributed by atoms with Crippen molar-refractivity contribution in [1.29, 1.82) is 0 Å². The van der Waals surface area contributed by atoms with Gasteiger partial charge in [-0.05, 0) is 36.8 Å². The Hall–Kier alpha value is -1.33. The van der Waals surface area contributed by atoms with E-state index in [2.05, 4.69) is 18.2 Å². The molecule has 2 aliphatic rings. The van der Waals surface area contributed by atoms with Gasteiger partial charge in [-0.1, -0.05) is 31.2 Å². The molecule has 5 heteroatoms. The largest absolute Gasteiger partial charge is 0.456 e. The Labute approximate surface area is 125 Å². The zero-order chi connectivity index (χ0) is 15.0. The second kappa shape index (κ2) is 5.46. The van der Waals surface area contributed by atoms with Gasteiger partial charge in [0.05, 0.1) is 5.41 Å². The molecule has 0 saturated carbocycles. The predicted molar refractivity (Wildman–Crippen MR) is 81.7 cm³/mol. The molecule has 3 rings (SSSR count). The molecule has 1 heterocycles. The molecule has 4 nitrogen and oxygen atoms in total. The maximum atomic E-state index is 12.9. The molecule has 1 amide bonds. The number of benzene rings is 1. The van der Waals surface area contributed by atoms with E-state index in [4.69, 9.17) is 0 Å². The molecule has 1 aromatic carbocycles. The first kappa shape index (κ1) is 14.6. The van der Waals surface area contributed by atoms with Gasteiger partial charge in [0, 0.05) is 18.9 Å². The van der Waals surface area contributed by atoms with Crippen LogP contribution in [0.25, 0.3) is 0 Å². The fourth-order valence-electron chi connectivity index (χ4n) is 3.67. The third-order valence-electron chi connectivity index (χ3n) is 5.09. The number of likely N-dealkylation sites (tertiary alicyclic amines) is 1. The Bertz CT molecular complexity index is 548. The van der Waals surface area contributed by atoms with Gasteiger partial charge in [0.25, 0.3) is 0 Å². The van der Waals surface area contributed by atoms with Crippen molar-refractivity contribution >= 4 is 13.0 Å². The van der Waals surface area contributed by atoms with Crippen LogP contribution in [0.15, 0.2) is 24.3 Å². The van der Waals surface area contributed by atoms with E-state index in [1.54, 1.807) is 0 Å². The highest BCUT2D eigenvalue weighted by Crippen LogP contribution is 2.38. The van der Waals surface area contributed by atoms with Gasteiger partial charge in [-0.15, -0.1) is 0 Å². The van der Waals surface area contributed by atoms with Crippen molar-refractivity contribution in [1.82, 2.24) is 4.90 Å². The van der Waals surface area contributed by atoms with Gasteiger partial charge in [-0.25, -0.2) is 0 Å². The third kappa shape index (κ3) is 2.72. The van der Waals surface area contributed by atoms with E-state index < -0.39 is 7.12 Å². The molecule has 0 aromatic heterocycles. The number of aryl methyl sites for hydroxylation is 1. The fraction of sp³-hybridized carbons (Fsp3) is 0.562. The summed E-state index contributed by atoms with van der Waals surface area (Å²) in [7, 11) is -1.32. The molecule has 1 saturated heterocycles. The summed E-state index contributed by atoms with van der Waals surface area (Å²) in [4.78, 5) is 14.7. The maximum Gasteiger partial charge on any atom is 0.456 e. The fourth-order valence-corrected chi connectivity index (χ4v) is 3.67. The van der Waals surface area contributed by atoms with E-state index in [9.17, 15) is 14.8 Å². The average Bonchev–Trinajstić information content (AvgIpc) is 2.96. The highest BCUT2D eigenvalue weighted by atomic mass is 16.4. The quantitative estimate of drug-likeness (QED) is 0.805. The number of amides is 1. The van der Waals surface area contributed by atoms with E-state index in [0.717, 1.165) is 19.3 Å². The van der Waals surface area contributed by atoms with Crippen LogP contribution >= 0.6 is 0 Å². The van der Waals surface area contributed by atoms with Crippen LogP contribution in [0.2, 0.25) is 5.82 Å². The molecule has 1 aromatic rings. The zero-order valence-corrected chi connectivity index (χ0v) is 12.5. The predicted octanol–water partition coefficient (Wildman–Crippen LogP) is 1.26. The first-order chi connectivity index (χ1) is 9.99. The van der Waals surface area contributed by atoms with Crippen LogP contribution in [-0.4, -0.2) is 41.1 Å². The standard InChI is InChI=1S/C16H22BNO3/c1-16(8-6-12-4-2-3-5-13(12)10-16)15(19)18-9-7-14(11-18)17(20)21/h2-5,14,20-21H,6-11H2,1H3. The van der Waals surface area contributed by atoms with Crippen LogP contribution in [0.5, 0.6) is 0 Å². The molecule has 0 bridgehead atoms. The molecule has 2 N–H and O–H groups in total. The summed E-state index contributed by atoms with van der Waals surface area (Å²) in [6, 6.07) is 8.34. The Morgan fingerprint density at radius 1 is 1.33 bits per heavy atom. The molecule has 1 aliphatic heterocycles. The second-order valence-corrected chi connectivity index (χ2v) is 6.72. The minimum atomic E-state index is -1.32. The van der Waals surface area contributed by atoms with E-state index in [0.29, 0.717) is 19.5 Å². The molecule has 2 atom stereocenters. The summed E-state index contributed by atoms with van der Waals surface area (Å²) in [5.74, 6) is -0.0337. The van der Waals surface area contributed by atoms with Crippen molar-refractivity contribution in [3.05, 3.63) is 35.4 Å². The summed E-state index contributed by atoms with van der Waals surface area (Å²) in [5, 5.41) is 18.5. The first-order valence-electron chi connectivity index (χ1n) is 7.72. The summed E-state index contributed by atoms with van der Waals surface area (Å²) < 4.78 is 0. The van der Waals surface area contributed by atoms with E-state index in [1.165, 1.54) is 11.1 Å². The summed E-state index contributed by atoms with van der Waals surface area (Å²) in [6.07, 6.45) is 3.27. The van der Waals surface area contributed by atoms with Crippen molar-refractivity contribution in [2.45, 2.75) is 38.4 Å². The second-order valence-electron chi connectivity index (χ2n) is 6.72. The van der Waals surface area contributed by atoms with Gasteiger partial charge < -0.3 is 14.9 Å². The van der Waals surface area contributed by atoms with Crippen LogP contribution in [0.3, 0.4) is 0 Å². The highest BCUT2D eigenvalue weighted by molar-refractivity contribution is 6.43. The van der Waals surface area contributed by atoms with Crippen molar-refractivity contribution in [2.24, 2.45) is 5.41 Å². The Kier molecular flexibility index (Phi) is 3.80. The van der Waals surface area contributed by atoms with Crippen molar-refractivity contribution in [3.63, 3.8) is 0 Å². The minimum Gasteiger partial charge on any atom is -0.427 e. The van der Waals surface area contributed by atoms with Crippen molar-refractivity contribution in [2.75, 3.05) is 13.1 Å². The van der Waals surface area contributed by atoms with Crippen molar-refractivity contribution < 1.29 is 14.8 Å². The lowest BCUT2D eigenvalue weighted by Crippen LogP contribution is -2.44. The molecule has 21 heavy (non-hydrogen) atoms. The molecule has 1 aliphatic carbocycles. The highest BCUT2D eigenvalue weighted by Gasteiger charge is 2.42. The Balaban J connectivity index is 1.74. The number of hydrogen-bond acceptors (Lipinski definition) is 3. The van der Waals surface area contributed by atoms with Gasteiger partial charge in [0.1, 0.15) is 0 Å². The number of carbonyl (C=O) groups excluding carboxylic acids is 1. The van der Waals surface area contributed by atoms with Crippen LogP contribution < -0.4 is 0 Å². The monoisotopic (exact) mass is 287 g/mol. The number of nitrogens with zero attached hydrogens (tertiary/aromatic N) is 1. The zero-order valence-electron chi connectivity index (χ0n) is 12.5. The molecule has 1 fully saturated rings. The summed E-state index contributed by atoms with van der Waals surface area (Å²) in [6.45, 7) is 3.15. The van der Waals surface area contributed by atoms with Crippen LogP contribution in [-0.2, 0) is 17.6 Å². The number of carbonyl (C=O) groups is 1. The Morgan fingerprint density at radius 3 is 2.71 bits per heavy atom. The van der Waals surface area contributed by atoms with Gasteiger partial charge >= 0.3 is 7.12 Å². The molecular weight excluding hydrogens is 265 g/mol. The molecular formula is C16H22BNO3. The molecule has 0 radical (unpaired) electrons. The third-order valence-corrected chi connectivity index (χ3v) is 5.09. The molecule has 0 spiro atoms. The number of fused-ring (bicyclic) bond motifs is 1. The topological polar surface area (TPSA) is 60.8 Å². The van der Waals surface area contributed by atoms with E-state index >= 15 is 0 Å². The van der Waals surface area contributed by atoms with Gasteiger partial charge in [0.2, 0.25) is 5.91 Å². The molecule has 112 valence electrons. The lowest BCUT2D eigenvalue weighted by Gasteiger charge is -2.36. The lowest BCUT2D eigenvalue weighted by atomic mass is 9.71. The maximum absolute atomic E-state index is 12.9. The summed E-state index contributed by atoms with van der Waals surface area (Å²) in [5.41, 5.74) is 2.27. The van der Waals surface area contributed by atoms with Crippen LogP contribution in [0.4, 0.5) is 0 Å².